The van der Waals surface area contributed by atoms with Gasteiger partial charge in [-0.15, -0.1) is 11.3 Å². The van der Waals surface area contributed by atoms with E-state index in [-0.39, 0.29) is 33.9 Å². The predicted octanol–water partition coefficient (Wildman–Crippen LogP) is 21.4. The fourth-order valence-corrected chi connectivity index (χ4v) is 16.5. The largest absolute Gasteiger partial charge is 0.375 e. The Labute approximate surface area is 502 Å². The first-order chi connectivity index (χ1) is 40.2. The molecule has 4 aliphatic rings. The molecule has 0 atom stereocenters. The number of benzene rings is 10. The van der Waals surface area contributed by atoms with Gasteiger partial charge in [-0.2, -0.15) is 0 Å². The standard InChI is InChI=1S/C79H76BN3S/c1-49-44-63-65(79(11,12)43-42-77(63,7)8)48-67(49)82-68-47-56(81(55-32-28-53(29-33-55)75(2,3)4)54-30-26-51(27-31-54)50-20-14-13-15-21-50)35-39-66(68)80-72-69(82)45-52-22-16-17-23-58(52)71(72)61-37-36-60-59-24-18-19-25-70(59)84-74(60)73(61)83(80)57-34-38-62-64(46-57)78(9,10)41-40-76(62,5)6/h13-39,44-48H,40-43H2,1-12H3. The van der Waals surface area contributed by atoms with E-state index in [1.807, 2.05) is 11.3 Å². The maximum atomic E-state index is 2.82. The van der Waals surface area contributed by atoms with Gasteiger partial charge in [0, 0.05) is 60.8 Å². The second-order valence-electron chi connectivity index (χ2n) is 28.7. The van der Waals surface area contributed by atoms with Crippen molar-refractivity contribution < 1.29 is 0 Å². The molecule has 10 aromatic carbocycles. The molecule has 2 aliphatic heterocycles. The van der Waals surface area contributed by atoms with Crippen LogP contribution in [0.2, 0.25) is 0 Å². The lowest BCUT2D eigenvalue weighted by Gasteiger charge is -2.48. The summed E-state index contributed by atoms with van der Waals surface area (Å²) >= 11 is 1.96. The van der Waals surface area contributed by atoms with Gasteiger partial charge in [0.1, 0.15) is 0 Å². The van der Waals surface area contributed by atoms with Crippen LogP contribution in [0.1, 0.15) is 135 Å². The second-order valence-corrected chi connectivity index (χ2v) is 29.7. The summed E-state index contributed by atoms with van der Waals surface area (Å²) in [6.07, 6.45) is 4.63. The molecule has 15 rings (SSSR count). The van der Waals surface area contributed by atoms with E-state index in [0.717, 1.165) is 29.9 Å². The summed E-state index contributed by atoms with van der Waals surface area (Å²) in [6, 6.07) is 75.4. The van der Waals surface area contributed by atoms with Crippen molar-refractivity contribution in [2.24, 2.45) is 0 Å². The molecule has 0 amide bonds. The first kappa shape index (κ1) is 52.9. The summed E-state index contributed by atoms with van der Waals surface area (Å²) < 4.78 is 2.66. The van der Waals surface area contributed by atoms with Crippen LogP contribution in [0, 0.1) is 6.92 Å². The van der Waals surface area contributed by atoms with Crippen molar-refractivity contribution in [2.45, 2.75) is 136 Å². The Balaban J connectivity index is 1.06. The fourth-order valence-electron chi connectivity index (χ4n) is 15.3. The zero-order chi connectivity index (χ0) is 58.0. The number of anilines is 8. The Morgan fingerprint density at radius 3 is 1.75 bits per heavy atom. The van der Waals surface area contributed by atoms with Crippen LogP contribution < -0.4 is 25.5 Å². The Bertz CT molecular complexity index is 4500. The van der Waals surface area contributed by atoms with Crippen molar-refractivity contribution in [3.63, 3.8) is 0 Å². The third kappa shape index (κ3) is 8.11. The Hall–Kier alpha value is -7.86. The molecule has 416 valence electrons. The van der Waals surface area contributed by atoms with Gasteiger partial charge in [0.25, 0.3) is 0 Å². The van der Waals surface area contributed by atoms with E-state index in [2.05, 4.69) is 292 Å². The Morgan fingerprint density at radius 1 is 0.476 bits per heavy atom. The van der Waals surface area contributed by atoms with Crippen molar-refractivity contribution in [3.8, 4) is 22.3 Å². The summed E-state index contributed by atoms with van der Waals surface area (Å²) in [5.41, 5.74) is 26.0. The molecule has 0 unspecified atom stereocenters. The van der Waals surface area contributed by atoms with Crippen molar-refractivity contribution in [1.29, 1.82) is 0 Å². The van der Waals surface area contributed by atoms with Crippen LogP contribution in [0.4, 0.5) is 45.5 Å². The number of thiophene rings is 1. The molecule has 0 N–H and O–H groups in total. The lowest BCUT2D eigenvalue weighted by molar-refractivity contribution is 0.332. The SMILES string of the molecule is Cc1cc2c(cc1N1c3cc(N(c4ccc(-c5ccccc5)cc4)c4ccc(C(C)(C)C)cc4)ccc3B3c4c1cc1ccccc1c4-c1ccc4c(sc5ccccc54)c1N3c1ccc3c(c1)C(C)(C)CCC3(C)C)C(C)(C)CCC2(C)C. The van der Waals surface area contributed by atoms with Crippen LogP contribution >= 0.6 is 11.3 Å². The molecule has 0 saturated heterocycles. The maximum absolute atomic E-state index is 2.82. The number of fused-ring (bicyclic) bond motifs is 12. The van der Waals surface area contributed by atoms with Crippen LogP contribution in [0.3, 0.4) is 0 Å². The highest BCUT2D eigenvalue weighted by Crippen LogP contribution is 2.57. The normalized spacial score (nSPS) is 16.9. The summed E-state index contributed by atoms with van der Waals surface area (Å²) in [7, 11) is 0. The number of nitrogens with zero attached hydrogens (tertiary/aromatic N) is 3. The average Bonchev–Trinajstić information content (AvgIpc) is 0.939. The van der Waals surface area contributed by atoms with E-state index in [4.69, 9.17) is 0 Å². The topological polar surface area (TPSA) is 9.72 Å². The van der Waals surface area contributed by atoms with E-state index in [1.54, 1.807) is 0 Å². The lowest BCUT2D eigenvalue weighted by Crippen LogP contribution is -2.61. The zero-order valence-electron chi connectivity index (χ0n) is 51.1. The monoisotopic (exact) mass is 1110 g/mol. The molecule has 1 aromatic heterocycles. The molecule has 0 spiro atoms. The van der Waals surface area contributed by atoms with E-state index in [9.17, 15) is 0 Å². The third-order valence-electron chi connectivity index (χ3n) is 20.4. The minimum atomic E-state index is -0.182. The van der Waals surface area contributed by atoms with Gasteiger partial charge < -0.3 is 14.6 Å². The van der Waals surface area contributed by atoms with E-state index >= 15 is 0 Å². The Morgan fingerprint density at radius 2 is 1.06 bits per heavy atom. The quantitative estimate of drug-likeness (QED) is 0.154. The van der Waals surface area contributed by atoms with Crippen molar-refractivity contribution >= 4 is 106 Å². The number of rotatable bonds is 6. The minimum absolute atomic E-state index is 0.00119. The van der Waals surface area contributed by atoms with E-state index in [1.165, 1.54) is 139 Å². The first-order valence-corrected chi connectivity index (χ1v) is 31.6. The van der Waals surface area contributed by atoms with Crippen LogP contribution in [0.15, 0.2) is 194 Å². The van der Waals surface area contributed by atoms with Gasteiger partial charge in [-0.25, -0.2) is 0 Å². The van der Waals surface area contributed by atoms with Gasteiger partial charge in [-0.05, 0) is 198 Å². The molecule has 0 bridgehead atoms. The lowest BCUT2D eigenvalue weighted by atomic mass is 9.43. The number of hydrogen-bond donors (Lipinski definition) is 0. The molecule has 0 radical (unpaired) electrons. The summed E-state index contributed by atoms with van der Waals surface area (Å²) in [4.78, 5) is 8.03. The van der Waals surface area contributed by atoms with Crippen molar-refractivity contribution in [1.82, 2.24) is 0 Å². The molecular formula is C79H76BN3S. The number of aryl methyl sites for hydroxylation is 1. The first-order valence-electron chi connectivity index (χ1n) is 30.8. The summed E-state index contributed by atoms with van der Waals surface area (Å²) in [5.74, 6) is 0. The number of hydrogen-bond acceptors (Lipinski definition) is 4. The molecule has 0 saturated carbocycles. The Kier molecular flexibility index (Phi) is 11.7. The molecule has 11 aromatic rings. The highest BCUT2D eigenvalue weighted by molar-refractivity contribution is 7.26. The van der Waals surface area contributed by atoms with Crippen LogP contribution in [0.25, 0.3) is 53.2 Å². The zero-order valence-corrected chi connectivity index (χ0v) is 51.9. The van der Waals surface area contributed by atoms with Gasteiger partial charge >= 0.3 is 6.85 Å². The maximum Gasteiger partial charge on any atom is 0.333 e. The van der Waals surface area contributed by atoms with Crippen molar-refractivity contribution in [2.75, 3.05) is 14.6 Å². The second kappa shape index (κ2) is 18.6. The van der Waals surface area contributed by atoms with Gasteiger partial charge in [0.05, 0.1) is 10.4 Å². The highest BCUT2D eigenvalue weighted by Gasteiger charge is 2.49. The molecular weight excluding hydrogens is 1030 g/mol. The molecule has 84 heavy (non-hydrogen) atoms. The van der Waals surface area contributed by atoms with Gasteiger partial charge in [0.2, 0.25) is 0 Å². The van der Waals surface area contributed by atoms with Gasteiger partial charge in [0.15, 0.2) is 0 Å². The third-order valence-corrected chi connectivity index (χ3v) is 21.6. The summed E-state index contributed by atoms with van der Waals surface area (Å²) in [6.45, 7) is 28.9. The molecule has 2 aliphatic carbocycles. The fraction of sp³-hybridized carbons (Fsp3) is 0.266. The van der Waals surface area contributed by atoms with Crippen molar-refractivity contribution in [3.05, 3.63) is 228 Å². The minimum Gasteiger partial charge on any atom is -0.375 e. The van der Waals surface area contributed by atoms with Gasteiger partial charge in [-0.1, -0.05) is 204 Å². The molecule has 3 heterocycles. The van der Waals surface area contributed by atoms with E-state index in [0.29, 0.717) is 0 Å². The van der Waals surface area contributed by atoms with Gasteiger partial charge in [-0.3, -0.25) is 0 Å². The highest BCUT2D eigenvalue weighted by atomic mass is 32.1. The molecule has 3 nitrogen and oxygen atoms in total. The molecule has 0 fully saturated rings. The predicted molar refractivity (Wildman–Crippen MR) is 365 cm³/mol. The van der Waals surface area contributed by atoms with E-state index < -0.39 is 0 Å². The summed E-state index contributed by atoms with van der Waals surface area (Å²) in [5, 5.41) is 5.18. The average molecular weight is 1110 g/mol. The molecule has 5 heteroatoms. The smallest absolute Gasteiger partial charge is 0.333 e. The van der Waals surface area contributed by atoms with Crippen LogP contribution in [-0.2, 0) is 27.1 Å². The van der Waals surface area contributed by atoms with Crippen LogP contribution in [-0.4, -0.2) is 6.85 Å². The van der Waals surface area contributed by atoms with Crippen LogP contribution in [0.5, 0.6) is 0 Å².